The molecule has 2 atom stereocenters. The van der Waals surface area contributed by atoms with E-state index in [1.54, 1.807) is 12.1 Å². The molecule has 27 heavy (non-hydrogen) atoms. The van der Waals surface area contributed by atoms with Crippen LogP contribution >= 0.6 is 0 Å². The Morgan fingerprint density at radius 1 is 1.37 bits per heavy atom. The summed E-state index contributed by atoms with van der Waals surface area (Å²) in [5.41, 5.74) is 14.5. The SMILES string of the molecule is C[C@@H](N)Cc1nc2c(C3=CCC(C(F)(F)F)CC3)cccc2cc1C(N)=O. The third-order valence-corrected chi connectivity index (χ3v) is 4.93. The molecule has 0 bridgehead atoms. The predicted molar refractivity (Wildman–Crippen MR) is 99.0 cm³/mol. The number of hydrogen-bond acceptors (Lipinski definition) is 3. The smallest absolute Gasteiger partial charge is 0.366 e. The molecule has 0 radical (unpaired) electrons. The first-order chi connectivity index (χ1) is 12.7. The molecule has 1 heterocycles. The molecule has 2 aromatic rings. The van der Waals surface area contributed by atoms with Crippen LogP contribution in [-0.4, -0.2) is 23.1 Å². The molecule has 0 saturated heterocycles. The Labute approximate surface area is 155 Å². The number of allylic oxidation sites excluding steroid dienone is 2. The molecule has 144 valence electrons. The highest BCUT2D eigenvalue weighted by Gasteiger charge is 2.39. The van der Waals surface area contributed by atoms with Crippen LogP contribution < -0.4 is 11.5 Å². The van der Waals surface area contributed by atoms with Crippen molar-refractivity contribution in [1.29, 1.82) is 0 Å². The zero-order valence-corrected chi connectivity index (χ0v) is 15.0. The first-order valence-electron chi connectivity index (χ1n) is 8.91. The van der Waals surface area contributed by atoms with E-state index in [2.05, 4.69) is 4.98 Å². The van der Waals surface area contributed by atoms with Crippen LogP contribution in [0.5, 0.6) is 0 Å². The summed E-state index contributed by atoms with van der Waals surface area (Å²) in [6.07, 6.45) is -1.74. The van der Waals surface area contributed by atoms with Gasteiger partial charge in [0.2, 0.25) is 0 Å². The van der Waals surface area contributed by atoms with Crippen molar-refractivity contribution in [2.75, 3.05) is 0 Å². The Balaban J connectivity index is 2.07. The number of amides is 1. The Morgan fingerprint density at radius 3 is 2.67 bits per heavy atom. The number of benzene rings is 1. The Bertz CT molecular complexity index is 903. The second-order valence-corrected chi connectivity index (χ2v) is 7.15. The zero-order chi connectivity index (χ0) is 19.8. The minimum atomic E-state index is -4.17. The summed E-state index contributed by atoms with van der Waals surface area (Å²) >= 11 is 0. The van der Waals surface area contributed by atoms with Gasteiger partial charge in [-0.15, -0.1) is 0 Å². The number of para-hydroxylation sites is 1. The van der Waals surface area contributed by atoms with E-state index >= 15 is 0 Å². The van der Waals surface area contributed by atoms with Gasteiger partial charge in [-0.3, -0.25) is 9.78 Å². The standard InChI is InChI=1S/C20H22F3N3O/c1-11(24)9-17-16(19(25)27)10-13-3-2-4-15(18(13)26-17)12-5-7-14(8-6-12)20(21,22)23/h2-5,10-11,14H,6-9,24H2,1H3,(H2,25,27)/t11-,14?/m1/s1. The van der Waals surface area contributed by atoms with Crippen LogP contribution in [-0.2, 0) is 6.42 Å². The largest absolute Gasteiger partial charge is 0.392 e. The summed E-state index contributed by atoms with van der Waals surface area (Å²) in [4.78, 5) is 16.4. The van der Waals surface area contributed by atoms with E-state index in [1.807, 2.05) is 25.1 Å². The molecule has 0 spiro atoms. The van der Waals surface area contributed by atoms with Crippen LogP contribution in [0.25, 0.3) is 16.5 Å². The number of alkyl halides is 3. The van der Waals surface area contributed by atoms with E-state index in [0.29, 0.717) is 29.6 Å². The van der Waals surface area contributed by atoms with Crippen molar-refractivity contribution in [3.8, 4) is 0 Å². The molecule has 0 aliphatic heterocycles. The fourth-order valence-corrected chi connectivity index (χ4v) is 3.55. The summed E-state index contributed by atoms with van der Waals surface area (Å²) < 4.78 is 38.8. The van der Waals surface area contributed by atoms with E-state index in [4.69, 9.17) is 11.5 Å². The molecule has 1 aromatic heterocycles. The number of rotatable bonds is 4. The van der Waals surface area contributed by atoms with E-state index in [1.165, 1.54) is 0 Å². The van der Waals surface area contributed by atoms with Crippen LogP contribution in [0.4, 0.5) is 13.2 Å². The number of nitrogens with zero attached hydrogens (tertiary/aromatic N) is 1. The molecule has 4 N–H and O–H groups in total. The predicted octanol–water partition coefficient (Wildman–Crippen LogP) is 3.97. The zero-order valence-electron chi connectivity index (χ0n) is 15.0. The number of carbonyl (C=O) groups is 1. The van der Waals surface area contributed by atoms with E-state index in [9.17, 15) is 18.0 Å². The van der Waals surface area contributed by atoms with Crippen LogP contribution in [0, 0.1) is 5.92 Å². The fourth-order valence-electron chi connectivity index (χ4n) is 3.55. The first kappa shape index (κ1) is 19.4. The molecule has 1 amide bonds. The molecule has 0 fully saturated rings. The summed E-state index contributed by atoms with van der Waals surface area (Å²) in [7, 11) is 0. The summed E-state index contributed by atoms with van der Waals surface area (Å²) in [6.45, 7) is 1.81. The van der Waals surface area contributed by atoms with Gasteiger partial charge in [0.15, 0.2) is 0 Å². The van der Waals surface area contributed by atoms with Crippen molar-refractivity contribution in [3.63, 3.8) is 0 Å². The average molecular weight is 377 g/mol. The van der Waals surface area contributed by atoms with Crippen molar-refractivity contribution >= 4 is 22.4 Å². The number of aromatic nitrogens is 1. The molecule has 7 heteroatoms. The minimum Gasteiger partial charge on any atom is -0.366 e. The lowest BCUT2D eigenvalue weighted by Gasteiger charge is -2.24. The maximum Gasteiger partial charge on any atom is 0.392 e. The molecular weight excluding hydrogens is 355 g/mol. The third kappa shape index (κ3) is 4.13. The van der Waals surface area contributed by atoms with E-state index in [-0.39, 0.29) is 18.9 Å². The van der Waals surface area contributed by atoms with Gasteiger partial charge in [0.25, 0.3) is 5.91 Å². The first-order valence-corrected chi connectivity index (χ1v) is 8.91. The van der Waals surface area contributed by atoms with Crippen LogP contribution in [0.3, 0.4) is 0 Å². The Morgan fingerprint density at radius 2 is 2.11 bits per heavy atom. The van der Waals surface area contributed by atoms with Gasteiger partial charge < -0.3 is 11.5 Å². The average Bonchev–Trinajstić information content (AvgIpc) is 2.59. The highest BCUT2D eigenvalue weighted by Crippen LogP contribution is 2.40. The lowest BCUT2D eigenvalue weighted by atomic mass is 9.85. The van der Waals surface area contributed by atoms with Crippen molar-refractivity contribution in [1.82, 2.24) is 4.98 Å². The van der Waals surface area contributed by atoms with Crippen LogP contribution in [0.1, 0.15) is 47.8 Å². The molecule has 4 nitrogen and oxygen atoms in total. The highest BCUT2D eigenvalue weighted by molar-refractivity contribution is 5.99. The lowest BCUT2D eigenvalue weighted by molar-refractivity contribution is -0.175. The molecule has 0 saturated carbocycles. The van der Waals surface area contributed by atoms with Crippen molar-refractivity contribution < 1.29 is 18.0 Å². The number of halogens is 3. The normalized spacial score (nSPS) is 19.0. The van der Waals surface area contributed by atoms with Crippen molar-refractivity contribution in [2.24, 2.45) is 17.4 Å². The monoisotopic (exact) mass is 377 g/mol. The lowest BCUT2D eigenvalue weighted by Crippen LogP contribution is -2.24. The minimum absolute atomic E-state index is 0.0265. The van der Waals surface area contributed by atoms with Gasteiger partial charge in [0, 0.05) is 23.4 Å². The van der Waals surface area contributed by atoms with Crippen molar-refractivity contribution in [2.45, 2.75) is 44.8 Å². The van der Waals surface area contributed by atoms with E-state index < -0.39 is 18.0 Å². The van der Waals surface area contributed by atoms with Crippen LogP contribution in [0.15, 0.2) is 30.3 Å². The van der Waals surface area contributed by atoms with Crippen LogP contribution in [0.2, 0.25) is 0 Å². The fraction of sp³-hybridized carbons (Fsp3) is 0.400. The molecule has 1 aromatic carbocycles. The molecule has 3 rings (SSSR count). The molecule has 1 aliphatic rings. The van der Waals surface area contributed by atoms with Crippen molar-refractivity contribution in [3.05, 3.63) is 47.2 Å². The highest BCUT2D eigenvalue weighted by atomic mass is 19.4. The molecular formula is C20H22F3N3O. The third-order valence-electron chi connectivity index (χ3n) is 4.93. The topological polar surface area (TPSA) is 82.0 Å². The van der Waals surface area contributed by atoms with Gasteiger partial charge in [-0.25, -0.2) is 0 Å². The quantitative estimate of drug-likeness (QED) is 0.846. The maximum absolute atomic E-state index is 12.9. The van der Waals surface area contributed by atoms with Gasteiger partial charge in [0.05, 0.1) is 22.7 Å². The number of hydrogen-bond donors (Lipinski definition) is 2. The van der Waals surface area contributed by atoms with Gasteiger partial charge in [-0.05, 0) is 37.8 Å². The number of pyridine rings is 1. The number of nitrogens with two attached hydrogens (primary N) is 2. The number of fused-ring (bicyclic) bond motifs is 1. The van der Waals surface area contributed by atoms with E-state index in [0.717, 1.165) is 16.5 Å². The maximum atomic E-state index is 12.9. The Kier molecular flexibility index (Phi) is 5.24. The molecule has 1 unspecified atom stereocenters. The van der Waals surface area contributed by atoms with Gasteiger partial charge in [-0.1, -0.05) is 24.3 Å². The summed E-state index contributed by atoms with van der Waals surface area (Å²) in [5.74, 6) is -1.87. The Hall–Kier alpha value is -2.41. The summed E-state index contributed by atoms with van der Waals surface area (Å²) in [6, 6.07) is 6.96. The second kappa shape index (κ2) is 7.31. The molecule has 1 aliphatic carbocycles. The number of primary amides is 1. The van der Waals surface area contributed by atoms with Gasteiger partial charge in [0.1, 0.15) is 0 Å². The second-order valence-electron chi connectivity index (χ2n) is 7.15. The number of carbonyl (C=O) groups excluding carboxylic acids is 1. The van der Waals surface area contributed by atoms with Gasteiger partial charge >= 0.3 is 6.18 Å². The summed E-state index contributed by atoms with van der Waals surface area (Å²) in [5, 5.41) is 0.730. The van der Waals surface area contributed by atoms with Gasteiger partial charge in [-0.2, -0.15) is 13.2 Å².